The quantitative estimate of drug-likeness (QED) is 0.333. The van der Waals surface area contributed by atoms with E-state index in [0.29, 0.717) is 0 Å². The second-order valence-corrected chi connectivity index (χ2v) is 3.92. The number of rotatable bonds is 2. The standard InChI is InChI=1S/C8H8O4S.K/c1-6(9)7-3-2-4-8(5-7)13(10,11)12;/h2-5H,1H3,(H,10,11,12);/q;+1/p-1. The summed E-state index contributed by atoms with van der Waals surface area (Å²) in [4.78, 5) is 10.5. The minimum absolute atomic E-state index is 0. The molecule has 6 heteroatoms. The molecule has 0 atom stereocenters. The summed E-state index contributed by atoms with van der Waals surface area (Å²) < 4.78 is 31.6. The Morgan fingerprint density at radius 1 is 1.36 bits per heavy atom. The second-order valence-electron chi connectivity index (χ2n) is 2.54. The van der Waals surface area contributed by atoms with Crippen LogP contribution in [0.25, 0.3) is 0 Å². The van der Waals surface area contributed by atoms with Crippen LogP contribution in [0.1, 0.15) is 17.3 Å². The van der Waals surface area contributed by atoms with Crippen molar-refractivity contribution in [1.29, 1.82) is 0 Å². The fourth-order valence-electron chi connectivity index (χ4n) is 0.871. The molecule has 0 aromatic heterocycles. The van der Waals surface area contributed by atoms with E-state index < -0.39 is 10.1 Å². The van der Waals surface area contributed by atoms with Crippen molar-refractivity contribution in [3.05, 3.63) is 29.8 Å². The van der Waals surface area contributed by atoms with Gasteiger partial charge in [0.1, 0.15) is 10.1 Å². The minimum Gasteiger partial charge on any atom is -0.744 e. The van der Waals surface area contributed by atoms with E-state index in [2.05, 4.69) is 0 Å². The van der Waals surface area contributed by atoms with Gasteiger partial charge in [-0.2, -0.15) is 0 Å². The molecule has 0 amide bonds. The van der Waals surface area contributed by atoms with Crippen molar-refractivity contribution in [3.8, 4) is 0 Å². The van der Waals surface area contributed by atoms with E-state index in [1.165, 1.54) is 19.1 Å². The number of hydrogen-bond donors (Lipinski definition) is 0. The van der Waals surface area contributed by atoms with Gasteiger partial charge in [-0.3, -0.25) is 4.79 Å². The van der Waals surface area contributed by atoms with Crippen molar-refractivity contribution in [3.63, 3.8) is 0 Å². The van der Waals surface area contributed by atoms with Gasteiger partial charge in [0.15, 0.2) is 5.78 Å². The van der Waals surface area contributed by atoms with Gasteiger partial charge in [-0.05, 0) is 19.1 Å². The van der Waals surface area contributed by atoms with Crippen molar-refractivity contribution in [2.24, 2.45) is 0 Å². The van der Waals surface area contributed by atoms with Gasteiger partial charge in [-0.25, -0.2) is 8.42 Å². The summed E-state index contributed by atoms with van der Waals surface area (Å²) in [6, 6.07) is 5.05. The average molecular weight is 238 g/mol. The number of carbonyl (C=O) groups is 1. The fraction of sp³-hybridized carbons (Fsp3) is 0.125. The van der Waals surface area contributed by atoms with Gasteiger partial charge in [0.2, 0.25) is 0 Å². The molecule has 1 rings (SSSR count). The smallest absolute Gasteiger partial charge is 0.744 e. The van der Waals surface area contributed by atoms with Crippen LogP contribution in [0.2, 0.25) is 0 Å². The first-order valence-electron chi connectivity index (χ1n) is 3.48. The summed E-state index contributed by atoms with van der Waals surface area (Å²) >= 11 is 0. The summed E-state index contributed by atoms with van der Waals surface area (Å²) in [6.07, 6.45) is 0. The Kier molecular flexibility index (Phi) is 5.67. The molecule has 0 aliphatic carbocycles. The van der Waals surface area contributed by atoms with E-state index in [9.17, 15) is 17.8 Å². The molecule has 0 spiro atoms. The molecule has 0 saturated carbocycles. The van der Waals surface area contributed by atoms with Gasteiger partial charge in [-0.15, -0.1) is 0 Å². The second kappa shape index (κ2) is 5.50. The monoisotopic (exact) mass is 238 g/mol. The van der Waals surface area contributed by atoms with Crippen LogP contribution in [0, 0.1) is 0 Å². The normalized spacial score (nSPS) is 10.4. The maximum atomic E-state index is 10.8. The van der Waals surface area contributed by atoms with Crippen LogP contribution in [0.4, 0.5) is 0 Å². The summed E-state index contributed by atoms with van der Waals surface area (Å²) in [5, 5.41) is 0. The fourth-order valence-corrected chi connectivity index (χ4v) is 1.39. The molecule has 1 aromatic carbocycles. The molecule has 14 heavy (non-hydrogen) atoms. The molecule has 0 saturated heterocycles. The molecule has 0 fully saturated rings. The van der Waals surface area contributed by atoms with Crippen LogP contribution in [-0.2, 0) is 10.1 Å². The largest absolute Gasteiger partial charge is 1.00 e. The molecule has 4 nitrogen and oxygen atoms in total. The van der Waals surface area contributed by atoms with Crippen molar-refractivity contribution in [2.45, 2.75) is 11.8 Å². The molecule has 0 radical (unpaired) electrons. The zero-order chi connectivity index (χ0) is 10.1. The van der Waals surface area contributed by atoms with Crippen LogP contribution >= 0.6 is 0 Å². The molecule has 0 unspecified atom stereocenters. The van der Waals surface area contributed by atoms with Gasteiger partial charge in [0.05, 0.1) is 4.90 Å². The van der Waals surface area contributed by atoms with E-state index in [-0.39, 0.29) is 67.6 Å². The van der Waals surface area contributed by atoms with Crippen molar-refractivity contribution in [2.75, 3.05) is 0 Å². The predicted octanol–water partition coefficient (Wildman–Crippen LogP) is -2.20. The third-order valence-electron chi connectivity index (χ3n) is 1.53. The average Bonchev–Trinajstić information content (AvgIpc) is 2.03. The molecule has 0 N–H and O–H groups in total. The van der Waals surface area contributed by atoms with E-state index in [4.69, 9.17) is 0 Å². The van der Waals surface area contributed by atoms with Gasteiger partial charge in [0, 0.05) is 5.56 Å². The first-order chi connectivity index (χ1) is 5.91. The number of benzene rings is 1. The first-order valence-corrected chi connectivity index (χ1v) is 4.89. The molecule has 0 aliphatic heterocycles. The Labute approximate surface area is 125 Å². The Morgan fingerprint density at radius 2 is 1.93 bits per heavy atom. The topological polar surface area (TPSA) is 74.3 Å². The van der Waals surface area contributed by atoms with Crippen molar-refractivity contribution in [1.82, 2.24) is 0 Å². The van der Waals surface area contributed by atoms with Crippen LogP contribution < -0.4 is 51.4 Å². The summed E-state index contributed by atoms with van der Waals surface area (Å²) in [5.41, 5.74) is 0.219. The van der Waals surface area contributed by atoms with Gasteiger partial charge in [0.25, 0.3) is 0 Å². The van der Waals surface area contributed by atoms with E-state index in [1.807, 2.05) is 0 Å². The SMILES string of the molecule is CC(=O)c1cccc(S(=O)(=O)[O-])c1.[K+]. The van der Waals surface area contributed by atoms with Crippen LogP contribution in [-0.4, -0.2) is 18.8 Å². The molecule has 1 aromatic rings. The van der Waals surface area contributed by atoms with Gasteiger partial charge < -0.3 is 4.55 Å². The summed E-state index contributed by atoms with van der Waals surface area (Å²) in [6.45, 7) is 1.30. The Balaban J connectivity index is 0.00000169. The minimum atomic E-state index is -4.46. The molecule has 0 aliphatic rings. The van der Waals surface area contributed by atoms with Crippen LogP contribution in [0.3, 0.4) is 0 Å². The van der Waals surface area contributed by atoms with Crippen LogP contribution in [0.5, 0.6) is 0 Å². The van der Waals surface area contributed by atoms with Gasteiger partial charge in [-0.1, -0.05) is 12.1 Å². The number of carbonyl (C=O) groups excluding carboxylic acids is 1. The van der Waals surface area contributed by atoms with E-state index in [0.717, 1.165) is 12.1 Å². The number of ketones is 1. The Morgan fingerprint density at radius 3 is 2.36 bits per heavy atom. The van der Waals surface area contributed by atoms with E-state index in [1.54, 1.807) is 0 Å². The molecular formula is C8H7KO4S. The third-order valence-corrected chi connectivity index (χ3v) is 2.36. The molecule has 0 bridgehead atoms. The van der Waals surface area contributed by atoms with E-state index >= 15 is 0 Å². The zero-order valence-electron chi connectivity index (χ0n) is 7.85. The third kappa shape index (κ3) is 3.89. The predicted molar refractivity (Wildman–Crippen MR) is 44.4 cm³/mol. The van der Waals surface area contributed by atoms with Crippen molar-refractivity contribution < 1.29 is 69.1 Å². The Hall–Kier alpha value is 0.436. The first kappa shape index (κ1) is 14.4. The Bertz CT molecular complexity index is 438. The molecule has 0 heterocycles. The summed E-state index contributed by atoms with van der Waals surface area (Å²) in [7, 11) is -4.46. The molecular weight excluding hydrogens is 231 g/mol. The maximum Gasteiger partial charge on any atom is 1.00 e. The maximum absolute atomic E-state index is 10.8. The van der Waals surface area contributed by atoms with Crippen molar-refractivity contribution >= 4 is 15.9 Å². The van der Waals surface area contributed by atoms with Gasteiger partial charge >= 0.3 is 51.4 Å². The zero-order valence-corrected chi connectivity index (χ0v) is 11.8. The van der Waals surface area contributed by atoms with Crippen LogP contribution in [0.15, 0.2) is 29.2 Å². The number of hydrogen-bond acceptors (Lipinski definition) is 4. The summed E-state index contributed by atoms with van der Waals surface area (Å²) in [5.74, 6) is -0.273. The number of Topliss-reactive ketones (excluding diaryl/α,β-unsaturated/α-hetero) is 1. The molecule has 70 valence electrons.